The van der Waals surface area contributed by atoms with Gasteiger partial charge in [-0.2, -0.15) is 5.10 Å². The number of aromatic nitrogens is 3. The molecule has 2 heterocycles. The molecule has 3 rings (SSSR count). The fraction of sp³-hybridized carbons (Fsp3) is 0.167. The van der Waals surface area contributed by atoms with E-state index in [1.165, 1.54) is 0 Å². The molecule has 3 N–H and O–H groups in total. The summed E-state index contributed by atoms with van der Waals surface area (Å²) in [6.45, 7) is -0.137. The molecule has 0 radical (unpaired) electrons. The van der Waals surface area contributed by atoms with Gasteiger partial charge in [0.15, 0.2) is 0 Å². The third-order valence-corrected chi connectivity index (χ3v) is 3.63. The smallest absolute Gasteiger partial charge is 0.269 e. The molecule has 0 aliphatic heterocycles. The highest BCUT2D eigenvalue weighted by atomic mass is 16.3. The highest BCUT2D eigenvalue weighted by Gasteiger charge is 2.16. The first kappa shape index (κ1) is 15.9. The summed E-state index contributed by atoms with van der Waals surface area (Å²) in [4.78, 5) is 16.5. The highest BCUT2D eigenvalue weighted by Crippen LogP contribution is 2.14. The molecular formula is C18H18N4O2. The van der Waals surface area contributed by atoms with Crippen LogP contribution in [0.25, 0.3) is 11.4 Å². The number of amides is 1. The van der Waals surface area contributed by atoms with Crippen LogP contribution in [0.3, 0.4) is 0 Å². The number of nitrogens with zero attached hydrogens (tertiary/aromatic N) is 2. The fourth-order valence-electron chi connectivity index (χ4n) is 2.41. The molecule has 0 aliphatic carbocycles. The van der Waals surface area contributed by atoms with E-state index in [0.717, 1.165) is 5.56 Å². The van der Waals surface area contributed by atoms with Crippen LogP contribution in [0.2, 0.25) is 0 Å². The highest BCUT2D eigenvalue weighted by molar-refractivity contribution is 5.93. The van der Waals surface area contributed by atoms with Crippen LogP contribution < -0.4 is 5.32 Å². The summed E-state index contributed by atoms with van der Waals surface area (Å²) in [7, 11) is 0. The third-order valence-electron chi connectivity index (χ3n) is 3.63. The lowest BCUT2D eigenvalue weighted by molar-refractivity contribution is 0.0911. The monoisotopic (exact) mass is 322 g/mol. The number of carbonyl (C=O) groups excluding carboxylic acids is 1. The van der Waals surface area contributed by atoms with Gasteiger partial charge >= 0.3 is 0 Å². The van der Waals surface area contributed by atoms with Crippen LogP contribution in [0.4, 0.5) is 0 Å². The second-order valence-electron chi connectivity index (χ2n) is 5.42. The first-order valence-electron chi connectivity index (χ1n) is 7.68. The summed E-state index contributed by atoms with van der Waals surface area (Å²) in [6, 6.07) is 16.5. The van der Waals surface area contributed by atoms with Gasteiger partial charge in [-0.3, -0.25) is 14.9 Å². The van der Waals surface area contributed by atoms with Gasteiger partial charge in [0.1, 0.15) is 11.4 Å². The molecule has 24 heavy (non-hydrogen) atoms. The summed E-state index contributed by atoms with van der Waals surface area (Å²) < 4.78 is 0. The van der Waals surface area contributed by atoms with Crippen molar-refractivity contribution in [1.82, 2.24) is 20.5 Å². The number of nitrogens with one attached hydrogen (secondary N) is 2. The van der Waals surface area contributed by atoms with Crippen LogP contribution in [0.5, 0.6) is 0 Å². The number of hydrogen-bond donors (Lipinski definition) is 3. The minimum atomic E-state index is -0.360. The Morgan fingerprint density at radius 1 is 1.12 bits per heavy atom. The average Bonchev–Trinajstić information content (AvgIpc) is 3.13. The topological polar surface area (TPSA) is 90.9 Å². The Kier molecular flexibility index (Phi) is 4.98. The first-order valence-corrected chi connectivity index (χ1v) is 7.68. The lowest BCUT2D eigenvalue weighted by Gasteiger charge is -2.15. The van der Waals surface area contributed by atoms with E-state index in [0.29, 0.717) is 23.5 Å². The summed E-state index contributed by atoms with van der Waals surface area (Å²) >= 11 is 0. The number of aliphatic hydroxyl groups is 1. The van der Waals surface area contributed by atoms with Gasteiger partial charge in [-0.25, -0.2) is 0 Å². The van der Waals surface area contributed by atoms with Gasteiger partial charge in [0.05, 0.1) is 18.3 Å². The second kappa shape index (κ2) is 7.52. The zero-order valence-corrected chi connectivity index (χ0v) is 13.0. The fourth-order valence-corrected chi connectivity index (χ4v) is 2.41. The molecule has 0 unspecified atom stereocenters. The largest absolute Gasteiger partial charge is 0.394 e. The van der Waals surface area contributed by atoms with Crippen molar-refractivity contribution < 1.29 is 9.90 Å². The third kappa shape index (κ3) is 3.85. The molecule has 1 aromatic carbocycles. The molecule has 3 aromatic rings. The van der Waals surface area contributed by atoms with Crippen molar-refractivity contribution in [3.05, 3.63) is 72.1 Å². The van der Waals surface area contributed by atoms with Crippen molar-refractivity contribution in [3.8, 4) is 11.4 Å². The minimum absolute atomic E-state index is 0.137. The molecule has 1 amide bonds. The minimum Gasteiger partial charge on any atom is -0.394 e. The molecule has 2 aromatic heterocycles. The van der Waals surface area contributed by atoms with Gasteiger partial charge in [-0.1, -0.05) is 36.4 Å². The van der Waals surface area contributed by atoms with Crippen LogP contribution in [-0.2, 0) is 6.42 Å². The number of hydrogen-bond acceptors (Lipinski definition) is 4. The van der Waals surface area contributed by atoms with Crippen molar-refractivity contribution in [2.45, 2.75) is 12.5 Å². The maximum absolute atomic E-state index is 12.3. The molecule has 0 saturated carbocycles. The van der Waals surface area contributed by atoms with Crippen molar-refractivity contribution in [2.75, 3.05) is 6.61 Å². The van der Waals surface area contributed by atoms with E-state index >= 15 is 0 Å². The van der Waals surface area contributed by atoms with Gasteiger partial charge in [-0.05, 0) is 30.2 Å². The van der Waals surface area contributed by atoms with E-state index < -0.39 is 0 Å². The van der Waals surface area contributed by atoms with Crippen LogP contribution in [0.15, 0.2) is 60.8 Å². The van der Waals surface area contributed by atoms with Crippen LogP contribution in [-0.4, -0.2) is 38.8 Å². The summed E-state index contributed by atoms with van der Waals surface area (Å²) in [5.41, 5.74) is 2.68. The van der Waals surface area contributed by atoms with E-state index in [1.807, 2.05) is 48.5 Å². The van der Waals surface area contributed by atoms with Crippen molar-refractivity contribution in [3.63, 3.8) is 0 Å². The molecule has 0 saturated heterocycles. The first-order chi connectivity index (χ1) is 11.8. The Bertz CT molecular complexity index is 787. The molecule has 0 fully saturated rings. The van der Waals surface area contributed by atoms with Crippen molar-refractivity contribution >= 4 is 5.91 Å². The number of pyridine rings is 1. The molecule has 1 atom stereocenters. The van der Waals surface area contributed by atoms with E-state index in [-0.39, 0.29) is 18.6 Å². The maximum atomic E-state index is 12.3. The Morgan fingerprint density at radius 2 is 1.92 bits per heavy atom. The summed E-state index contributed by atoms with van der Waals surface area (Å²) in [6.07, 6.45) is 2.23. The zero-order chi connectivity index (χ0) is 16.8. The van der Waals surface area contributed by atoms with Crippen molar-refractivity contribution in [1.29, 1.82) is 0 Å². The number of H-pyrrole nitrogens is 1. The van der Waals surface area contributed by atoms with Crippen LogP contribution >= 0.6 is 0 Å². The summed E-state index contributed by atoms with van der Waals surface area (Å²) in [5.74, 6) is -0.306. The Labute approximate surface area is 139 Å². The molecule has 6 heteroatoms. The van der Waals surface area contributed by atoms with Gasteiger partial charge in [-0.15, -0.1) is 0 Å². The average molecular weight is 322 g/mol. The van der Waals surface area contributed by atoms with E-state index in [1.54, 1.807) is 12.3 Å². The van der Waals surface area contributed by atoms with Crippen LogP contribution in [0.1, 0.15) is 16.1 Å². The lowest BCUT2D eigenvalue weighted by Crippen LogP contribution is -2.39. The summed E-state index contributed by atoms with van der Waals surface area (Å²) in [5, 5.41) is 19.2. The molecule has 6 nitrogen and oxygen atoms in total. The predicted molar refractivity (Wildman–Crippen MR) is 90.3 cm³/mol. The number of benzene rings is 1. The van der Waals surface area contributed by atoms with Gasteiger partial charge < -0.3 is 10.4 Å². The Balaban J connectivity index is 1.67. The quantitative estimate of drug-likeness (QED) is 0.645. The number of aliphatic hydroxyl groups excluding tert-OH is 1. The van der Waals surface area contributed by atoms with Gasteiger partial charge in [0.25, 0.3) is 5.91 Å². The molecule has 0 bridgehead atoms. The molecule has 0 aliphatic rings. The number of aromatic amines is 1. The Hall–Kier alpha value is -2.99. The van der Waals surface area contributed by atoms with E-state index in [4.69, 9.17) is 0 Å². The Morgan fingerprint density at radius 3 is 2.62 bits per heavy atom. The van der Waals surface area contributed by atoms with E-state index in [9.17, 15) is 9.90 Å². The van der Waals surface area contributed by atoms with Crippen molar-refractivity contribution in [2.24, 2.45) is 0 Å². The zero-order valence-electron chi connectivity index (χ0n) is 13.0. The second-order valence-corrected chi connectivity index (χ2v) is 5.42. The number of carbonyl (C=O) groups is 1. The van der Waals surface area contributed by atoms with Gasteiger partial charge in [0.2, 0.25) is 0 Å². The maximum Gasteiger partial charge on any atom is 0.269 e. The lowest BCUT2D eigenvalue weighted by atomic mass is 10.1. The van der Waals surface area contributed by atoms with Gasteiger partial charge in [0, 0.05) is 6.20 Å². The SMILES string of the molecule is O=C(N[C@H](CO)Cc1ccccc1)c1cc(-c2ccccn2)n[nH]1. The molecular weight excluding hydrogens is 304 g/mol. The van der Waals surface area contributed by atoms with E-state index in [2.05, 4.69) is 20.5 Å². The normalized spacial score (nSPS) is 11.9. The standard InChI is InChI=1S/C18H18N4O2/c23-12-14(10-13-6-2-1-3-7-13)20-18(24)17-11-16(21-22-17)15-8-4-5-9-19-15/h1-9,11,14,23H,10,12H2,(H,20,24)(H,21,22)/t14-/m0/s1. The van der Waals surface area contributed by atoms with Crippen LogP contribution in [0, 0.1) is 0 Å². The molecule has 0 spiro atoms. The molecule has 122 valence electrons. The predicted octanol–water partition coefficient (Wildman–Crippen LogP) is 1.81. The number of rotatable bonds is 6.